The molecule has 0 nitrogen and oxygen atoms in total. The van der Waals surface area contributed by atoms with E-state index < -0.39 is 8.07 Å². The summed E-state index contributed by atoms with van der Waals surface area (Å²) in [6, 6.07) is 14.5. The van der Waals surface area contributed by atoms with Gasteiger partial charge in [0.2, 0.25) is 0 Å². The van der Waals surface area contributed by atoms with E-state index in [0.717, 1.165) is 23.7 Å². The van der Waals surface area contributed by atoms with Crippen LogP contribution in [0.3, 0.4) is 0 Å². The Morgan fingerprint density at radius 2 is 1.85 bits per heavy atom. The van der Waals surface area contributed by atoms with Crippen molar-refractivity contribution in [3.05, 3.63) is 47.5 Å². The Kier molecular flexibility index (Phi) is 8.86. The van der Waals surface area contributed by atoms with Crippen LogP contribution in [-0.4, -0.2) is 8.07 Å². The first-order valence-electron chi connectivity index (χ1n) is 9.80. The number of aryl methyl sites for hydroxylation is 1. The largest absolute Gasteiger partial charge is 1.00 e. The van der Waals surface area contributed by atoms with Crippen LogP contribution >= 0.6 is 0 Å². The first-order chi connectivity index (χ1) is 11.3. The van der Waals surface area contributed by atoms with E-state index in [1.165, 1.54) is 24.8 Å². The third kappa shape index (κ3) is 4.93. The standard InChI is InChI=1S/C23H34Si.2Li/c1-16(2)22-12-8-18(4)14-23(22)19-9-11-21(15-19)24(5,6)20-10-7-17(3)13-20;;/h7,9-11,13,15-16,18,22-23H,8,12,14H2,1-6H3;;/q-2;2*+1/t18-,22+,23+;;/m1../s1. The summed E-state index contributed by atoms with van der Waals surface area (Å²) in [7, 11) is -1.54. The van der Waals surface area contributed by atoms with Crippen LogP contribution in [0, 0.1) is 24.7 Å². The van der Waals surface area contributed by atoms with E-state index in [1.54, 1.807) is 15.9 Å². The fourth-order valence-electron chi connectivity index (χ4n) is 4.78. The van der Waals surface area contributed by atoms with E-state index in [0.29, 0.717) is 0 Å². The molecule has 0 saturated heterocycles. The molecule has 3 atom stereocenters. The van der Waals surface area contributed by atoms with Gasteiger partial charge in [0.25, 0.3) is 0 Å². The molecule has 0 aliphatic heterocycles. The van der Waals surface area contributed by atoms with E-state index in [9.17, 15) is 0 Å². The Labute approximate surface area is 186 Å². The summed E-state index contributed by atoms with van der Waals surface area (Å²) in [6.07, 6.45) is 4.20. The topological polar surface area (TPSA) is 0 Å². The van der Waals surface area contributed by atoms with Gasteiger partial charge in [0.1, 0.15) is 0 Å². The van der Waals surface area contributed by atoms with Crippen molar-refractivity contribution in [2.45, 2.75) is 66.0 Å². The summed E-state index contributed by atoms with van der Waals surface area (Å²) in [5.41, 5.74) is 3.03. The predicted molar refractivity (Wildman–Crippen MR) is 110 cm³/mol. The molecule has 26 heavy (non-hydrogen) atoms. The maximum Gasteiger partial charge on any atom is 1.00 e. The third-order valence-electron chi connectivity index (χ3n) is 6.58. The van der Waals surface area contributed by atoms with Gasteiger partial charge in [-0.15, -0.1) is 0 Å². The summed E-state index contributed by atoms with van der Waals surface area (Å²) in [5.74, 6) is 3.31. The van der Waals surface area contributed by atoms with Crippen LogP contribution in [0.2, 0.25) is 13.1 Å². The van der Waals surface area contributed by atoms with Crippen LogP contribution in [0.4, 0.5) is 0 Å². The summed E-state index contributed by atoms with van der Waals surface area (Å²) in [5, 5.41) is 3.19. The second kappa shape index (κ2) is 9.54. The van der Waals surface area contributed by atoms with Gasteiger partial charge in [-0.3, -0.25) is 0 Å². The minimum atomic E-state index is -1.54. The van der Waals surface area contributed by atoms with E-state index in [4.69, 9.17) is 0 Å². The Hall–Kier alpha value is 0.112. The Morgan fingerprint density at radius 3 is 2.42 bits per heavy atom. The molecule has 0 unspecified atom stereocenters. The van der Waals surface area contributed by atoms with Crippen molar-refractivity contribution in [3.8, 4) is 0 Å². The fourth-order valence-corrected chi connectivity index (χ4v) is 7.23. The Balaban J connectivity index is 0.00000169. The molecule has 1 fully saturated rings. The van der Waals surface area contributed by atoms with E-state index in [2.05, 4.69) is 77.2 Å². The van der Waals surface area contributed by atoms with Gasteiger partial charge in [-0.25, -0.2) is 22.5 Å². The fraction of sp³-hybridized carbons (Fsp3) is 0.565. The maximum atomic E-state index is 2.58. The van der Waals surface area contributed by atoms with Crippen LogP contribution in [0.5, 0.6) is 0 Å². The Bertz CT molecular complexity index is 680. The number of hydrogen-bond acceptors (Lipinski definition) is 0. The molecule has 1 aliphatic rings. The van der Waals surface area contributed by atoms with Gasteiger partial charge in [0.05, 0.1) is 0 Å². The van der Waals surface area contributed by atoms with Gasteiger partial charge < -0.3 is 0 Å². The van der Waals surface area contributed by atoms with Gasteiger partial charge in [-0.1, -0.05) is 47.2 Å². The van der Waals surface area contributed by atoms with E-state index >= 15 is 0 Å². The van der Waals surface area contributed by atoms with Crippen LogP contribution < -0.4 is 48.1 Å². The first-order valence-corrected chi connectivity index (χ1v) is 12.8. The van der Waals surface area contributed by atoms with Gasteiger partial charge in [0.15, 0.2) is 0 Å². The SMILES string of the molecule is C[c-]1ccc([Si](C)(C)c2c[cH-]c([C@@H]3C[C@H](C)CC[C@H]3C(C)C)c2)c1.[Li+].[Li+]. The summed E-state index contributed by atoms with van der Waals surface area (Å²) < 4.78 is 0. The molecule has 132 valence electrons. The average Bonchev–Trinajstić information content (AvgIpc) is 3.16. The van der Waals surface area contributed by atoms with Crippen LogP contribution in [0.25, 0.3) is 0 Å². The molecule has 2 aromatic carbocycles. The zero-order valence-electron chi connectivity index (χ0n) is 18.4. The molecule has 0 heterocycles. The average molecular weight is 352 g/mol. The Morgan fingerprint density at radius 1 is 1.15 bits per heavy atom. The van der Waals surface area contributed by atoms with Crippen LogP contribution in [0.1, 0.15) is 57.1 Å². The van der Waals surface area contributed by atoms with Crippen molar-refractivity contribution in [3.63, 3.8) is 0 Å². The summed E-state index contributed by atoms with van der Waals surface area (Å²) >= 11 is 0. The van der Waals surface area contributed by atoms with E-state index in [1.807, 2.05) is 0 Å². The van der Waals surface area contributed by atoms with Crippen molar-refractivity contribution < 1.29 is 37.7 Å². The third-order valence-corrected chi connectivity index (χ3v) is 10.1. The van der Waals surface area contributed by atoms with Gasteiger partial charge in [0, 0.05) is 0 Å². The normalized spacial score (nSPS) is 23.4. The molecule has 3 heteroatoms. The van der Waals surface area contributed by atoms with Crippen molar-refractivity contribution in [2.75, 3.05) is 0 Å². The zero-order valence-corrected chi connectivity index (χ0v) is 19.4. The van der Waals surface area contributed by atoms with Gasteiger partial charge >= 0.3 is 37.7 Å². The molecule has 3 rings (SSSR count). The minimum Gasteiger partial charge on any atom is -0.213 e. The van der Waals surface area contributed by atoms with Crippen molar-refractivity contribution in [2.24, 2.45) is 17.8 Å². The minimum absolute atomic E-state index is 0. The number of hydrogen-bond donors (Lipinski definition) is 0. The molecule has 0 spiro atoms. The quantitative estimate of drug-likeness (QED) is 0.511. The van der Waals surface area contributed by atoms with Gasteiger partial charge in [-0.05, 0) is 44.6 Å². The molecule has 0 bridgehead atoms. The molecular weight excluding hydrogens is 318 g/mol. The zero-order chi connectivity index (χ0) is 17.5. The number of rotatable bonds is 4. The molecular formula is C23H34Li2Si. The predicted octanol–water partition coefficient (Wildman–Crippen LogP) is -0.561. The monoisotopic (exact) mass is 352 g/mol. The molecule has 0 N–H and O–H groups in total. The molecule has 0 radical (unpaired) electrons. The van der Waals surface area contributed by atoms with Crippen molar-refractivity contribution >= 4 is 18.4 Å². The van der Waals surface area contributed by atoms with Crippen molar-refractivity contribution in [1.29, 1.82) is 0 Å². The van der Waals surface area contributed by atoms with Crippen molar-refractivity contribution in [1.82, 2.24) is 0 Å². The molecule has 1 aliphatic carbocycles. The van der Waals surface area contributed by atoms with Crippen LogP contribution in [-0.2, 0) is 0 Å². The molecule has 1 saturated carbocycles. The van der Waals surface area contributed by atoms with E-state index in [-0.39, 0.29) is 37.7 Å². The maximum absolute atomic E-state index is 2.58. The molecule has 0 amide bonds. The first kappa shape index (κ1) is 24.1. The smallest absolute Gasteiger partial charge is 0.213 e. The second-order valence-electron chi connectivity index (χ2n) is 9.17. The second-order valence-corrected chi connectivity index (χ2v) is 13.6. The molecule has 2 aromatic rings. The summed E-state index contributed by atoms with van der Waals surface area (Å²) in [6.45, 7) is 14.5. The molecule has 0 aromatic heterocycles. The van der Waals surface area contributed by atoms with Crippen LogP contribution in [0.15, 0.2) is 36.4 Å². The van der Waals surface area contributed by atoms with Gasteiger partial charge in [-0.2, -0.15) is 35.4 Å². The summed E-state index contributed by atoms with van der Waals surface area (Å²) in [4.78, 5) is 0.